The van der Waals surface area contributed by atoms with Crippen LogP contribution < -0.4 is 22.3 Å². The van der Waals surface area contributed by atoms with Crippen molar-refractivity contribution in [1.82, 2.24) is 14.9 Å². The number of oxime groups is 1. The van der Waals surface area contributed by atoms with Gasteiger partial charge in [-0.1, -0.05) is 36.7 Å². The Bertz CT molecular complexity index is 1600. The molecule has 12 nitrogen and oxygen atoms in total. The molecule has 12 heteroatoms. The molecule has 42 heavy (non-hydrogen) atoms. The first-order chi connectivity index (χ1) is 20.3. The molecule has 0 saturated carbocycles. The van der Waals surface area contributed by atoms with Crippen LogP contribution in [0.5, 0.6) is 0 Å². The van der Waals surface area contributed by atoms with E-state index in [2.05, 4.69) is 10.5 Å². The van der Waals surface area contributed by atoms with Gasteiger partial charge in [0.1, 0.15) is 13.2 Å². The maximum Gasteiger partial charge on any atom is 0.343 e. The summed E-state index contributed by atoms with van der Waals surface area (Å²) in [6.45, 7) is 2.87. The number of carbonyl (C=O) groups excluding carboxylic acids is 2. The van der Waals surface area contributed by atoms with Crippen LogP contribution in [0.3, 0.4) is 0 Å². The van der Waals surface area contributed by atoms with Gasteiger partial charge >= 0.3 is 5.97 Å². The number of nitrogens with two attached hydrogens (primary N) is 2. The van der Waals surface area contributed by atoms with Gasteiger partial charge in [-0.05, 0) is 37.8 Å². The molecule has 4 heterocycles. The number of esters is 1. The van der Waals surface area contributed by atoms with Gasteiger partial charge in [0.05, 0.1) is 41.3 Å². The first-order valence-electron chi connectivity index (χ1n) is 14.3. The average Bonchev–Trinajstić information content (AvgIpc) is 3.37. The molecular weight excluding hydrogens is 540 g/mol. The lowest BCUT2D eigenvalue weighted by atomic mass is 9.86. The van der Waals surface area contributed by atoms with Crippen molar-refractivity contribution in [2.45, 2.75) is 63.8 Å². The van der Waals surface area contributed by atoms with Crippen LogP contribution in [0.1, 0.15) is 61.3 Å². The maximum absolute atomic E-state index is 13.5. The molecule has 0 radical (unpaired) electrons. The zero-order valence-electron chi connectivity index (χ0n) is 23.6. The monoisotopic (exact) mass is 576 g/mol. The molecule has 0 aliphatic carbocycles. The number of para-hydroxylation sites is 1. The van der Waals surface area contributed by atoms with E-state index in [4.69, 9.17) is 26.0 Å². The summed E-state index contributed by atoms with van der Waals surface area (Å²) in [7, 11) is 0. The summed E-state index contributed by atoms with van der Waals surface area (Å²) >= 11 is 0. The van der Waals surface area contributed by atoms with Crippen LogP contribution >= 0.6 is 0 Å². The molecule has 1 unspecified atom stereocenters. The topological polar surface area (TPSA) is 184 Å². The van der Waals surface area contributed by atoms with Crippen molar-refractivity contribution in [3.8, 4) is 11.4 Å². The lowest BCUT2D eigenvalue weighted by Gasteiger charge is -2.31. The normalized spacial score (nSPS) is 18.0. The molecule has 0 spiro atoms. The number of benzene rings is 1. The lowest BCUT2D eigenvalue weighted by molar-refractivity contribution is -0.172. The molecule has 1 amide bonds. The van der Waals surface area contributed by atoms with Gasteiger partial charge in [-0.2, -0.15) is 0 Å². The predicted molar refractivity (Wildman–Crippen MR) is 157 cm³/mol. The van der Waals surface area contributed by atoms with E-state index in [1.54, 1.807) is 23.8 Å². The summed E-state index contributed by atoms with van der Waals surface area (Å²) in [6.07, 6.45) is 5.21. The minimum absolute atomic E-state index is 0.0784. The molecule has 0 bridgehead atoms. The highest BCUT2D eigenvalue weighted by Crippen LogP contribution is 2.39. The van der Waals surface area contributed by atoms with Crippen molar-refractivity contribution >= 4 is 29.0 Å². The van der Waals surface area contributed by atoms with Crippen molar-refractivity contribution in [2.75, 3.05) is 19.7 Å². The maximum atomic E-state index is 13.5. The average molecular weight is 577 g/mol. The summed E-state index contributed by atoms with van der Waals surface area (Å²) in [5.74, 6) is -0.986. The number of hydrogen-bond acceptors (Lipinski definition) is 10. The Kier molecular flexibility index (Phi) is 8.66. The third-order valence-corrected chi connectivity index (χ3v) is 7.95. The number of unbranched alkanes of at least 4 members (excludes halogenated alkanes) is 3. The SMILES string of the molecule is CC[C@@]1(O)C(=O)OCc2c1cc1n(c2=O)Cc2c-1nc1ccccc1c2/C=N/OCCCCCCNC(=O)C(N)CN. The molecule has 2 aromatic heterocycles. The number of nitrogens with zero attached hydrogens (tertiary/aromatic N) is 3. The number of amides is 1. The Morgan fingerprint density at radius 3 is 2.83 bits per heavy atom. The molecule has 5 rings (SSSR count). The van der Waals surface area contributed by atoms with Gasteiger partial charge in [0.25, 0.3) is 5.56 Å². The molecule has 6 N–H and O–H groups in total. The van der Waals surface area contributed by atoms with E-state index in [0.29, 0.717) is 24.5 Å². The van der Waals surface area contributed by atoms with Gasteiger partial charge in [-0.3, -0.25) is 9.59 Å². The highest BCUT2D eigenvalue weighted by Gasteiger charge is 2.45. The Balaban J connectivity index is 1.30. The van der Waals surface area contributed by atoms with Gasteiger partial charge in [-0.15, -0.1) is 0 Å². The number of aromatic nitrogens is 2. The fourth-order valence-corrected chi connectivity index (χ4v) is 5.44. The highest BCUT2D eigenvalue weighted by molar-refractivity contribution is 6.02. The van der Waals surface area contributed by atoms with E-state index in [9.17, 15) is 19.5 Å². The molecule has 1 aromatic carbocycles. The van der Waals surface area contributed by atoms with E-state index < -0.39 is 17.6 Å². The first-order valence-corrected chi connectivity index (χ1v) is 14.3. The second-order valence-electron chi connectivity index (χ2n) is 10.6. The van der Waals surface area contributed by atoms with Gasteiger partial charge < -0.3 is 36.0 Å². The molecule has 0 saturated heterocycles. The summed E-state index contributed by atoms with van der Waals surface area (Å²) in [4.78, 5) is 48.1. The third-order valence-electron chi connectivity index (χ3n) is 7.95. The number of aliphatic hydroxyl groups is 1. The van der Waals surface area contributed by atoms with Crippen LogP contribution in [0, 0.1) is 0 Å². The lowest BCUT2D eigenvalue weighted by Crippen LogP contribution is -2.45. The number of cyclic esters (lactones) is 1. The van der Waals surface area contributed by atoms with Crippen molar-refractivity contribution < 1.29 is 24.3 Å². The van der Waals surface area contributed by atoms with Gasteiger partial charge in [0.2, 0.25) is 5.91 Å². The highest BCUT2D eigenvalue weighted by atomic mass is 16.6. The van der Waals surface area contributed by atoms with Crippen LogP contribution in [0.15, 0.2) is 40.3 Å². The minimum Gasteiger partial charge on any atom is -0.458 e. The number of hydrogen-bond donors (Lipinski definition) is 4. The van der Waals surface area contributed by atoms with E-state index in [1.165, 1.54) is 0 Å². The second-order valence-corrected chi connectivity index (χ2v) is 10.6. The fraction of sp³-hybridized carbons (Fsp3) is 0.433. The standard InChI is InChI=1S/C30H36N6O6/c1-2-30(40)22-13-25-26-20(16-36(25)28(38)21(22)17-41-29(30)39)19(18-9-5-6-10-24(18)35-26)15-34-42-12-8-4-3-7-11-33-27(37)23(32)14-31/h5-6,9-10,13,15,23,40H,2-4,7-8,11-12,14,16-17,31-32H2,1H3,(H,33,37)/b34-15+/t23?,30-/m0/s1. The summed E-state index contributed by atoms with van der Waals surface area (Å²) in [6, 6.07) is 8.66. The molecule has 2 aliphatic rings. The zero-order chi connectivity index (χ0) is 29.9. The Labute approximate surface area is 242 Å². The third kappa shape index (κ3) is 5.40. The smallest absolute Gasteiger partial charge is 0.343 e. The molecule has 222 valence electrons. The summed E-state index contributed by atoms with van der Waals surface area (Å²) in [5, 5.41) is 19.0. The van der Waals surface area contributed by atoms with Crippen molar-refractivity contribution in [1.29, 1.82) is 0 Å². The molecular formula is C30H36N6O6. The number of fused-ring (bicyclic) bond motifs is 5. The summed E-state index contributed by atoms with van der Waals surface area (Å²) < 4.78 is 6.78. The summed E-state index contributed by atoms with van der Waals surface area (Å²) in [5.41, 5.74) is 12.8. The number of carbonyl (C=O) groups is 2. The van der Waals surface area contributed by atoms with Crippen molar-refractivity contribution in [2.24, 2.45) is 16.6 Å². The van der Waals surface area contributed by atoms with Crippen LogP contribution in [0.25, 0.3) is 22.3 Å². The number of rotatable bonds is 12. The van der Waals surface area contributed by atoms with Crippen molar-refractivity contribution in [3.05, 3.63) is 62.9 Å². The quantitative estimate of drug-likeness (QED) is 0.0837. The molecule has 0 fully saturated rings. The van der Waals surface area contributed by atoms with E-state index >= 15 is 0 Å². The number of ether oxygens (including phenoxy) is 1. The van der Waals surface area contributed by atoms with E-state index in [0.717, 1.165) is 47.7 Å². The number of nitrogens with one attached hydrogen (secondary N) is 1. The Hall–Kier alpha value is -4.13. The van der Waals surface area contributed by atoms with Crippen LogP contribution in [-0.2, 0) is 37.9 Å². The van der Waals surface area contributed by atoms with E-state index in [-0.39, 0.29) is 48.7 Å². The van der Waals surface area contributed by atoms with Crippen LogP contribution in [0.2, 0.25) is 0 Å². The second kappa shape index (κ2) is 12.4. The Morgan fingerprint density at radius 1 is 1.26 bits per heavy atom. The van der Waals surface area contributed by atoms with Gasteiger partial charge in [-0.25, -0.2) is 9.78 Å². The molecule has 3 aromatic rings. The Morgan fingerprint density at radius 2 is 2.05 bits per heavy atom. The van der Waals surface area contributed by atoms with Crippen molar-refractivity contribution in [3.63, 3.8) is 0 Å². The van der Waals surface area contributed by atoms with Crippen LogP contribution in [-0.4, -0.2) is 58.5 Å². The first kappa shape index (κ1) is 29.4. The minimum atomic E-state index is -1.88. The van der Waals surface area contributed by atoms with Gasteiger partial charge in [0, 0.05) is 35.2 Å². The zero-order valence-corrected chi connectivity index (χ0v) is 23.6. The predicted octanol–water partition coefficient (Wildman–Crippen LogP) is 1.39. The number of pyridine rings is 2. The van der Waals surface area contributed by atoms with Gasteiger partial charge in [0.15, 0.2) is 5.60 Å². The van der Waals surface area contributed by atoms with Crippen LogP contribution in [0.4, 0.5) is 0 Å². The molecule has 2 atom stereocenters. The van der Waals surface area contributed by atoms with E-state index in [1.807, 2.05) is 24.3 Å². The fourth-order valence-electron chi connectivity index (χ4n) is 5.44. The molecule has 2 aliphatic heterocycles. The largest absolute Gasteiger partial charge is 0.458 e.